The maximum atomic E-state index is 12.7. The van der Waals surface area contributed by atoms with Crippen molar-refractivity contribution in [2.45, 2.75) is 77.8 Å². The fourth-order valence-corrected chi connectivity index (χ4v) is 4.63. The summed E-state index contributed by atoms with van der Waals surface area (Å²) in [4.78, 5) is 29.5. The molecule has 41 heavy (non-hydrogen) atoms. The van der Waals surface area contributed by atoms with Crippen molar-refractivity contribution in [1.82, 2.24) is 20.2 Å². The van der Waals surface area contributed by atoms with E-state index in [2.05, 4.69) is 48.7 Å². The van der Waals surface area contributed by atoms with E-state index in [0.717, 1.165) is 17.2 Å². The van der Waals surface area contributed by atoms with E-state index in [1.54, 1.807) is 18.2 Å². The van der Waals surface area contributed by atoms with Crippen molar-refractivity contribution in [2.75, 3.05) is 25.6 Å². The number of ether oxygens (including phenoxy) is 3. The molecule has 0 aliphatic heterocycles. The van der Waals surface area contributed by atoms with E-state index in [-0.39, 0.29) is 6.73 Å². The van der Waals surface area contributed by atoms with Gasteiger partial charge in [0.1, 0.15) is 18.2 Å². The molecule has 2 rings (SSSR count). The zero-order chi connectivity index (χ0) is 30.6. The highest BCUT2D eigenvalue weighted by atomic mass is 28.3. The van der Waals surface area contributed by atoms with Crippen LogP contribution >= 0.6 is 0 Å². The van der Waals surface area contributed by atoms with Crippen LogP contribution in [0.2, 0.25) is 25.7 Å². The van der Waals surface area contributed by atoms with Crippen molar-refractivity contribution in [3.05, 3.63) is 61.1 Å². The van der Waals surface area contributed by atoms with Crippen molar-refractivity contribution in [3.8, 4) is 11.3 Å². The third-order valence-corrected chi connectivity index (χ3v) is 7.56. The van der Waals surface area contributed by atoms with Crippen LogP contribution in [0, 0.1) is 0 Å². The number of benzene rings is 1. The van der Waals surface area contributed by atoms with Gasteiger partial charge in [0, 0.05) is 45.2 Å². The number of aromatic nitrogens is 2. The maximum Gasteiger partial charge on any atom is 0.411 e. The molecule has 0 saturated heterocycles. The summed E-state index contributed by atoms with van der Waals surface area (Å²) in [5.74, 6) is 0.625. The average Bonchev–Trinajstić information content (AvgIpc) is 3.28. The number of rotatable bonds is 15. The van der Waals surface area contributed by atoms with Gasteiger partial charge in [0.25, 0.3) is 0 Å². The van der Waals surface area contributed by atoms with Crippen LogP contribution in [0.4, 0.5) is 15.3 Å². The van der Waals surface area contributed by atoms with Gasteiger partial charge in [-0.05, 0) is 50.9 Å². The number of anilines is 1. The second-order valence-electron chi connectivity index (χ2n) is 11.9. The number of carbonyl (C=O) groups excluding carboxylic acids is 2. The number of alkyl carbamates (subject to hydrolysis) is 1. The highest BCUT2D eigenvalue weighted by Gasteiger charge is 2.25. The number of nitrogens with one attached hydrogen (secondary N) is 3. The first kappa shape index (κ1) is 33.8. The molecular formula is C30H47N5O5Si. The summed E-state index contributed by atoms with van der Waals surface area (Å²) in [6, 6.07) is 6.13. The van der Waals surface area contributed by atoms with Gasteiger partial charge in [-0.2, -0.15) is 0 Å². The largest absolute Gasteiger partial charge is 0.453 e. The second-order valence-corrected chi connectivity index (χ2v) is 17.6. The van der Waals surface area contributed by atoms with Gasteiger partial charge in [0.15, 0.2) is 0 Å². The topological polar surface area (TPSA) is 116 Å². The van der Waals surface area contributed by atoms with Crippen LogP contribution in [0.1, 0.15) is 44.6 Å². The van der Waals surface area contributed by atoms with E-state index in [9.17, 15) is 9.59 Å². The van der Waals surface area contributed by atoms with Crippen molar-refractivity contribution in [1.29, 1.82) is 0 Å². The Morgan fingerprint density at radius 3 is 2.49 bits per heavy atom. The lowest BCUT2D eigenvalue weighted by molar-refractivity contribution is 0.0492. The summed E-state index contributed by atoms with van der Waals surface area (Å²) in [6.45, 7) is 22.1. The molecule has 0 saturated carbocycles. The van der Waals surface area contributed by atoms with Crippen LogP contribution < -0.4 is 16.0 Å². The van der Waals surface area contributed by atoms with Crippen LogP contribution in [-0.4, -0.2) is 55.7 Å². The van der Waals surface area contributed by atoms with Crippen molar-refractivity contribution >= 4 is 25.9 Å². The van der Waals surface area contributed by atoms with Gasteiger partial charge in [-0.15, -0.1) is 13.2 Å². The number of hydrogen-bond donors (Lipinski definition) is 3. The van der Waals surface area contributed by atoms with Gasteiger partial charge in [-0.25, -0.2) is 14.6 Å². The average molecular weight is 586 g/mol. The number of methoxy groups -OCH3 is 1. The molecule has 0 aliphatic carbocycles. The van der Waals surface area contributed by atoms with Crippen molar-refractivity contribution < 1.29 is 23.8 Å². The predicted octanol–water partition coefficient (Wildman–Crippen LogP) is 6.46. The molecule has 11 heteroatoms. The summed E-state index contributed by atoms with van der Waals surface area (Å²) in [7, 11) is 0.0518. The lowest BCUT2D eigenvalue weighted by Gasteiger charge is -2.23. The Hall–Kier alpha value is -3.41. The van der Waals surface area contributed by atoms with Gasteiger partial charge in [-0.3, -0.25) is 5.32 Å². The number of hydrogen-bond acceptors (Lipinski definition) is 7. The summed E-state index contributed by atoms with van der Waals surface area (Å²) < 4.78 is 18.3. The molecule has 1 aromatic heterocycles. The van der Waals surface area contributed by atoms with Crippen molar-refractivity contribution in [2.24, 2.45) is 0 Å². The van der Waals surface area contributed by atoms with E-state index < -0.39 is 31.9 Å². The lowest BCUT2D eigenvalue weighted by atomic mass is 10.0. The number of nitrogens with zero attached hydrogens (tertiary/aromatic N) is 2. The van der Waals surface area contributed by atoms with Gasteiger partial charge in [0.2, 0.25) is 0 Å². The van der Waals surface area contributed by atoms with E-state index in [0.29, 0.717) is 43.3 Å². The normalized spacial score (nSPS) is 12.4. The zero-order valence-electron chi connectivity index (χ0n) is 25.6. The summed E-state index contributed by atoms with van der Waals surface area (Å²) in [6.07, 6.45) is 4.81. The summed E-state index contributed by atoms with van der Waals surface area (Å²) >= 11 is 0. The van der Waals surface area contributed by atoms with Crippen LogP contribution in [-0.2, 0) is 27.5 Å². The third-order valence-electron chi connectivity index (χ3n) is 5.86. The Morgan fingerprint density at radius 1 is 1.15 bits per heavy atom. The van der Waals surface area contributed by atoms with E-state index in [1.165, 1.54) is 7.11 Å². The van der Waals surface area contributed by atoms with E-state index in [1.807, 2.05) is 43.7 Å². The minimum Gasteiger partial charge on any atom is -0.453 e. The molecule has 226 valence electrons. The fraction of sp³-hybridized carbons (Fsp3) is 0.500. The third kappa shape index (κ3) is 11.9. The van der Waals surface area contributed by atoms with Crippen LogP contribution in [0.5, 0.6) is 0 Å². The highest BCUT2D eigenvalue weighted by Crippen LogP contribution is 2.29. The monoisotopic (exact) mass is 585 g/mol. The summed E-state index contributed by atoms with van der Waals surface area (Å²) in [5, 5.41) is 8.99. The molecule has 2 aromatic rings. The van der Waals surface area contributed by atoms with Gasteiger partial charge in [0.05, 0.1) is 18.8 Å². The number of amides is 2. The zero-order valence-corrected chi connectivity index (χ0v) is 26.6. The van der Waals surface area contributed by atoms with Crippen LogP contribution in [0.3, 0.4) is 0 Å². The Morgan fingerprint density at radius 2 is 1.88 bits per heavy atom. The first-order valence-electron chi connectivity index (χ1n) is 13.8. The smallest absolute Gasteiger partial charge is 0.411 e. The van der Waals surface area contributed by atoms with E-state index >= 15 is 0 Å². The minimum atomic E-state index is -1.27. The highest BCUT2D eigenvalue weighted by molar-refractivity contribution is 6.76. The van der Waals surface area contributed by atoms with E-state index in [4.69, 9.17) is 19.2 Å². The molecule has 10 nitrogen and oxygen atoms in total. The molecule has 0 radical (unpaired) electrons. The van der Waals surface area contributed by atoms with Crippen LogP contribution in [0.25, 0.3) is 11.3 Å². The first-order valence-corrected chi connectivity index (χ1v) is 17.5. The Labute approximate surface area is 245 Å². The number of imidazole rings is 1. The molecule has 3 N–H and O–H groups in total. The Bertz CT molecular complexity index is 1180. The van der Waals surface area contributed by atoms with Crippen molar-refractivity contribution in [3.63, 3.8) is 0 Å². The Balaban J connectivity index is 2.51. The first-order chi connectivity index (χ1) is 19.3. The molecule has 0 bridgehead atoms. The molecule has 1 aromatic carbocycles. The maximum absolute atomic E-state index is 12.7. The van der Waals surface area contributed by atoms with Crippen LogP contribution in [0.15, 0.2) is 49.7 Å². The standard InChI is InChI=1S/C30H47N5O5Si/c1-10-12-25(34-29(37)40-30(3,4)5)27-33-26(20-35(27)21-39-16-17-41(7,8)9)24-14-13-23(32-28(36)38-6)18-22(24)19-31-15-11-2/h10-11,13-14,18,20,25,31H,1-2,12,15-17,19,21H2,3-9H3,(H,32,36)(H,34,37)/t25-/m0/s1. The molecule has 0 fully saturated rings. The van der Waals surface area contributed by atoms with Gasteiger partial charge >= 0.3 is 12.2 Å². The molecule has 0 spiro atoms. The molecule has 2 amide bonds. The van der Waals surface area contributed by atoms with Gasteiger partial charge in [-0.1, -0.05) is 37.9 Å². The fourth-order valence-electron chi connectivity index (χ4n) is 3.87. The Kier molecular flexibility index (Phi) is 12.8. The molecular weight excluding hydrogens is 538 g/mol. The molecule has 0 unspecified atom stereocenters. The van der Waals surface area contributed by atoms with Gasteiger partial charge < -0.3 is 29.4 Å². The molecule has 1 heterocycles. The molecule has 1 atom stereocenters. The predicted molar refractivity (Wildman–Crippen MR) is 167 cm³/mol. The SMILES string of the molecule is C=CCNCc1cc(NC(=O)OC)ccc1-c1cn(COCC[Si](C)(C)C)c([C@H](CC=C)NC(=O)OC(C)(C)C)n1. The molecule has 0 aliphatic rings. The summed E-state index contributed by atoms with van der Waals surface area (Å²) in [5.41, 5.74) is 2.44. The second kappa shape index (κ2) is 15.5. The lowest BCUT2D eigenvalue weighted by Crippen LogP contribution is -2.36. The quantitative estimate of drug-likeness (QED) is 0.125. The minimum absolute atomic E-state index is 0.280. The number of carbonyl (C=O) groups is 2.